The van der Waals surface area contributed by atoms with Crippen molar-refractivity contribution in [3.05, 3.63) is 47.5 Å². The molecule has 0 aliphatic heterocycles. The van der Waals surface area contributed by atoms with E-state index in [1.54, 1.807) is 31.2 Å². The fourth-order valence-corrected chi connectivity index (χ4v) is 2.42. The van der Waals surface area contributed by atoms with Crippen LogP contribution in [0.15, 0.2) is 40.8 Å². The van der Waals surface area contributed by atoms with Crippen molar-refractivity contribution < 1.29 is 28.6 Å². The Kier molecular flexibility index (Phi) is 3.99. The molecule has 23 heavy (non-hydrogen) atoms. The maximum atomic E-state index is 12.2. The van der Waals surface area contributed by atoms with Gasteiger partial charge < -0.3 is 19.0 Å². The van der Waals surface area contributed by atoms with Gasteiger partial charge in [-0.2, -0.15) is 0 Å². The summed E-state index contributed by atoms with van der Waals surface area (Å²) >= 11 is 0. The summed E-state index contributed by atoms with van der Waals surface area (Å²) in [6, 6.07) is 9.80. The molecule has 3 aromatic rings. The van der Waals surface area contributed by atoms with Crippen LogP contribution < -0.4 is 0 Å². The van der Waals surface area contributed by atoms with E-state index < -0.39 is 11.9 Å². The van der Waals surface area contributed by atoms with E-state index in [1.165, 1.54) is 12.1 Å². The average Bonchev–Trinajstić information content (AvgIpc) is 2.93. The molecule has 6 nitrogen and oxygen atoms in total. The highest BCUT2D eigenvalue weighted by molar-refractivity contribution is 6.18. The smallest absolute Gasteiger partial charge is 0.344 e. The first-order valence-electron chi connectivity index (χ1n) is 7.06. The summed E-state index contributed by atoms with van der Waals surface area (Å²) < 4.78 is 15.7. The first-order valence-corrected chi connectivity index (χ1v) is 7.06. The molecule has 0 bridgehead atoms. The second kappa shape index (κ2) is 6.10. The van der Waals surface area contributed by atoms with Crippen LogP contribution in [0.4, 0.5) is 0 Å². The minimum atomic E-state index is -1.09. The number of aromatic carboxylic acids is 1. The lowest BCUT2D eigenvalue weighted by atomic mass is 10.0. The van der Waals surface area contributed by atoms with Crippen molar-refractivity contribution in [1.29, 1.82) is 0 Å². The summed E-state index contributed by atoms with van der Waals surface area (Å²) in [6.07, 6.45) is 0. The molecule has 1 N–H and O–H groups in total. The van der Waals surface area contributed by atoms with Crippen molar-refractivity contribution in [2.45, 2.75) is 6.92 Å². The minimum absolute atomic E-state index is 0.0753. The number of carboxylic acid groups (broad SMARTS) is 1. The van der Waals surface area contributed by atoms with Gasteiger partial charge in [0.15, 0.2) is 12.4 Å². The number of ether oxygens (including phenoxy) is 2. The normalized spacial score (nSPS) is 11.0. The van der Waals surface area contributed by atoms with Crippen LogP contribution >= 0.6 is 0 Å². The predicted molar refractivity (Wildman–Crippen MR) is 82.6 cm³/mol. The lowest BCUT2D eigenvalue weighted by molar-refractivity contribution is -0.0273. The molecule has 3 rings (SSSR count). The lowest BCUT2D eigenvalue weighted by Gasteiger charge is -2.06. The van der Waals surface area contributed by atoms with Gasteiger partial charge in [0.2, 0.25) is 0 Å². The van der Waals surface area contributed by atoms with Gasteiger partial charge in [-0.1, -0.05) is 18.2 Å². The van der Waals surface area contributed by atoms with Gasteiger partial charge in [0.1, 0.15) is 11.1 Å². The molecule has 1 heterocycles. The molecule has 0 fully saturated rings. The molecule has 0 saturated carbocycles. The number of carbonyl (C=O) groups excluding carboxylic acids is 1. The Morgan fingerprint density at radius 1 is 1.13 bits per heavy atom. The van der Waals surface area contributed by atoms with Crippen LogP contribution in [0.3, 0.4) is 0 Å². The maximum Gasteiger partial charge on any atom is 0.344 e. The fraction of sp³-hybridized carbons (Fsp3) is 0.176. The predicted octanol–water partition coefficient (Wildman–Crippen LogP) is 3.44. The van der Waals surface area contributed by atoms with Crippen LogP contribution in [-0.4, -0.2) is 30.4 Å². The molecule has 0 aliphatic rings. The van der Waals surface area contributed by atoms with Crippen LogP contribution in [0.5, 0.6) is 0 Å². The number of para-hydroxylation sites is 1. The summed E-state index contributed by atoms with van der Waals surface area (Å²) in [7, 11) is 0. The quantitative estimate of drug-likeness (QED) is 0.441. The zero-order valence-electron chi connectivity index (χ0n) is 12.4. The van der Waals surface area contributed by atoms with Crippen LogP contribution in [-0.2, 0) is 9.47 Å². The van der Waals surface area contributed by atoms with Gasteiger partial charge in [-0.3, -0.25) is 0 Å². The Morgan fingerprint density at radius 2 is 1.87 bits per heavy atom. The Labute approximate surface area is 131 Å². The Hall–Kier alpha value is -2.86. The molecular formula is C17H14O6. The lowest BCUT2D eigenvalue weighted by Crippen LogP contribution is -2.09. The van der Waals surface area contributed by atoms with Crippen molar-refractivity contribution in [1.82, 2.24) is 0 Å². The van der Waals surface area contributed by atoms with E-state index in [-0.39, 0.29) is 23.5 Å². The summed E-state index contributed by atoms with van der Waals surface area (Å²) in [6.45, 7) is 2.04. The van der Waals surface area contributed by atoms with Crippen LogP contribution in [0.2, 0.25) is 0 Å². The van der Waals surface area contributed by atoms with Crippen molar-refractivity contribution in [3.63, 3.8) is 0 Å². The number of carbonyl (C=O) groups is 2. The van der Waals surface area contributed by atoms with Crippen molar-refractivity contribution >= 4 is 33.9 Å². The van der Waals surface area contributed by atoms with Gasteiger partial charge in [-0.15, -0.1) is 0 Å². The van der Waals surface area contributed by atoms with E-state index in [4.69, 9.17) is 13.9 Å². The monoisotopic (exact) mass is 314 g/mol. The van der Waals surface area contributed by atoms with Gasteiger partial charge in [-0.25, -0.2) is 9.59 Å². The first-order chi connectivity index (χ1) is 11.1. The number of furan rings is 1. The second-order valence-corrected chi connectivity index (χ2v) is 4.81. The van der Waals surface area contributed by atoms with Gasteiger partial charge in [0.05, 0.1) is 5.56 Å². The maximum absolute atomic E-state index is 12.2. The van der Waals surface area contributed by atoms with Crippen molar-refractivity contribution in [3.8, 4) is 0 Å². The van der Waals surface area contributed by atoms with Crippen molar-refractivity contribution in [2.75, 3.05) is 13.4 Å². The molecule has 0 atom stereocenters. The van der Waals surface area contributed by atoms with E-state index in [0.29, 0.717) is 23.0 Å². The SMILES string of the molecule is CCOCOC(=O)c1ccc(C(=O)O)c2c1oc1ccccc12. The summed E-state index contributed by atoms with van der Waals surface area (Å²) in [5.74, 6) is -1.71. The minimum Gasteiger partial charge on any atom is -0.478 e. The highest BCUT2D eigenvalue weighted by Crippen LogP contribution is 2.33. The third-order valence-corrected chi connectivity index (χ3v) is 3.45. The molecule has 0 spiro atoms. The standard InChI is InChI=1S/C17H14O6/c1-2-21-9-22-17(20)12-8-7-11(16(18)19)14-10-5-3-4-6-13(10)23-15(12)14/h3-8H,2,9H2,1H3,(H,18,19). The van der Waals surface area contributed by atoms with Gasteiger partial charge in [-0.05, 0) is 25.1 Å². The molecule has 2 aromatic carbocycles. The molecule has 0 amide bonds. The number of benzene rings is 2. The summed E-state index contributed by atoms with van der Waals surface area (Å²) in [5, 5.41) is 10.4. The first kappa shape index (κ1) is 15.1. The van der Waals surface area contributed by atoms with Crippen LogP contribution in [0.25, 0.3) is 21.9 Å². The van der Waals surface area contributed by atoms with E-state index in [1.807, 2.05) is 0 Å². The summed E-state index contributed by atoms with van der Waals surface area (Å²) in [4.78, 5) is 23.7. The highest BCUT2D eigenvalue weighted by atomic mass is 16.7. The average molecular weight is 314 g/mol. The second-order valence-electron chi connectivity index (χ2n) is 4.81. The number of esters is 1. The molecule has 118 valence electrons. The number of carboxylic acids is 1. The number of hydrogen-bond donors (Lipinski definition) is 1. The number of fused-ring (bicyclic) bond motifs is 3. The largest absolute Gasteiger partial charge is 0.478 e. The number of hydrogen-bond acceptors (Lipinski definition) is 5. The van der Waals surface area contributed by atoms with Crippen LogP contribution in [0, 0.1) is 0 Å². The Morgan fingerprint density at radius 3 is 2.61 bits per heavy atom. The Bertz CT molecular complexity index is 893. The molecule has 6 heteroatoms. The van der Waals surface area contributed by atoms with Gasteiger partial charge >= 0.3 is 11.9 Å². The highest BCUT2D eigenvalue weighted by Gasteiger charge is 2.22. The Balaban J connectivity index is 2.19. The molecular weight excluding hydrogens is 300 g/mol. The zero-order chi connectivity index (χ0) is 16.4. The summed E-state index contributed by atoms with van der Waals surface area (Å²) in [5.41, 5.74) is 0.954. The third kappa shape index (κ3) is 2.64. The zero-order valence-corrected chi connectivity index (χ0v) is 12.4. The number of rotatable bonds is 5. The molecule has 0 radical (unpaired) electrons. The van der Waals surface area contributed by atoms with E-state index in [2.05, 4.69) is 0 Å². The van der Waals surface area contributed by atoms with E-state index in [9.17, 15) is 14.7 Å². The van der Waals surface area contributed by atoms with E-state index >= 15 is 0 Å². The van der Waals surface area contributed by atoms with Gasteiger partial charge in [0, 0.05) is 17.4 Å². The van der Waals surface area contributed by atoms with Crippen molar-refractivity contribution in [2.24, 2.45) is 0 Å². The van der Waals surface area contributed by atoms with Gasteiger partial charge in [0.25, 0.3) is 0 Å². The molecule has 0 aliphatic carbocycles. The third-order valence-electron chi connectivity index (χ3n) is 3.45. The molecule has 1 aromatic heterocycles. The van der Waals surface area contributed by atoms with E-state index in [0.717, 1.165) is 0 Å². The topological polar surface area (TPSA) is 86.0 Å². The van der Waals surface area contributed by atoms with Crippen LogP contribution in [0.1, 0.15) is 27.6 Å². The molecule has 0 unspecified atom stereocenters. The molecule has 0 saturated heterocycles. The fourth-order valence-electron chi connectivity index (χ4n) is 2.42.